The van der Waals surface area contributed by atoms with Gasteiger partial charge in [-0.25, -0.2) is 0 Å². The molecule has 0 saturated heterocycles. The second kappa shape index (κ2) is 9.02. The molecule has 4 nitrogen and oxygen atoms in total. The van der Waals surface area contributed by atoms with Crippen LogP contribution in [-0.2, 0) is 22.4 Å². The number of hydrogen-bond acceptors (Lipinski definition) is 2. The first-order chi connectivity index (χ1) is 12.1. The van der Waals surface area contributed by atoms with Crippen LogP contribution in [0.25, 0.3) is 0 Å². The van der Waals surface area contributed by atoms with Crippen molar-refractivity contribution in [3.05, 3.63) is 59.7 Å². The average molecular weight is 338 g/mol. The highest BCUT2D eigenvalue weighted by atomic mass is 16.2. The van der Waals surface area contributed by atoms with Crippen molar-refractivity contribution < 1.29 is 9.59 Å². The van der Waals surface area contributed by atoms with Gasteiger partial charge in [0.15, 0.2) is 0 Å². The number of carbonyl (C=O) groups is 2. The Morgan fingerprint density at radius 1 is 0.920 bits per heavy atom. The Labute approximate surface area is 149 Å². The zero-order valence-corrected chi connectivity index (χ0v) is 15.2. The Balaban J connectivity index is 2.06. The predicted molar refractivity (Wildman–Crippen MR) is 103 cm³/mol. The molecule has 0 saturated carbocycles. The standard InChI is InChI=1S/C21H26N2O2/c1-4-17-10-9-11-18(5-2)21(17)22-20(25)14-15-23(16(3)24)19-12-7-6-8-13-19/h6-13H,4-5,14-15H2,1-3H3,(H,22,25). The van der Waals surface area contributed by atoms with Gasteiger partial charge in [-0.05, 0) is 36.1 Å². The number of hydrogen-bond donors (Lipinski definition) is 1. The molecule has 2 aromatic rings. The lowest BCUT2D eigenvalue weighted by molar-refractivity contribution is -0.117. The van der Waals surface area contributed by atoms with Gasteiger partial charge in [0.25, 0.3) is 0 Å². The van der Waals surface area contributed by atoms with E-state index in [1.54, 1.807) is 4.90 Å². The van der Waals surface area contributed by atoms with Crippen molar-refractivity contribution >= 4 is 23.2 Å². The highest BCUT2D eigenvalue weighted by Gasteiger charge is 2.15. The summed E-state index contributed by atoms with van der Waals surface area (Å²) in [5, 5.41) is 3.05. The van der Waals surface area contributed by atoms with Gasteiger partial charge in [0.05, 0.1) is 0 Å². The van der Waals surface area contributed by atoms with E-state index in [9.17, 15) is 9.59 Å². The molecule has 1 N–H and O–H groups in total. The van der Waals surface area contributed by atoms with Crippen LogP contribution in [0.2, 0.25) is 0 Å². The van der Waals surface area contributed by atoms with E-state index in [2.05, 4.69) is 19.2 Å². The molecule has 2 rings (SSSR count). The van der Waals surface area contributed by atoms with Crippen molar-refractivity contribution in [3.63, 3.8) is 0 Å². The lowest BCUT2D eigenvalue weighted by Crippen LogP contribution is -2.32. The number of nitrogens with zero attached hydrogens (tertiary/aromatic N) is 1. The van der Waals surface area contributed by atoms with Crippen LogP contribution >= 0.6 is 0 Å². The molecule has 0 spiro atoms. The summed E-state index contributed by atoms with van der Waals surface area (Å²) in [5.74, 6) is -0.139. The van der Waals surface area contributed by atoms with Crippen LogP contribution in [0.1, 0.15) is 38.3 Å². The number of nitrogens with one attached hydrogen (secondary N) is 1. The van der Waals surface area contributed by atoms with E-state index in [-0.39, 0.29) is 18.2 Å². The number of amides is 2. The summed E-state index contributed by atoms with van der Waals surface area (Å²) < 4.78 is 0. The highest BCUT2D eigenvalue weighted by molar-refractivity contribution is 5.95. The number of aryl methyl sites for hydroxylation is 2. The third kappa shape index (κ3) is 4.92. The summed E-state index contributed by atoms with van der Waals surface area (Å²) >= 11 is 0. The molecule has 2 amide bonds. The quantitative estimate of drug-likeness (QED) is 0.823. The van der Waals surface area contributed by atoms with Crippen molar-refractivity contribution in [1.29, 1.82) is 0 Å². The van der Waals surface area contributed by atoms with Crippen molar-refractivity contribution in [2.24, 2.45) is 0 Å². The third-order valence-electron chi connectivity index (χ3n) is 4.27. The van der Waals surface area contributed by atoms with E-state index in [1.807, 2.05) is 48.5 Å². The molecule has 4 heteroatoms. The maximum Gasteiger partial charge on any atom is 0.226 e. The molecule has 0 aliphatic rings. The second-order valence-corrected chi connectivity index (χ2v) is 5.96. The predicted octanol–water partition coefficient (Wildman–Crippen LogP) is 4.19. The Morgan fingerprint density at radius 2 is 1.52 bits per heavy atom. The number of carbonyl (C=O) groups excluding carboxylic acids is 2. The SMILES string of the molecule is CCc1cccc(CC)c1NC(=O)CCN(C(C)=O)c1ccccc1. The molecule has 0 aliphatic carbocycles. The second-order valence-electron chi connectivity index (χ2n) is 5.96. The molecule has 0 unspecified atom stereocenters. The molecule has 0 atom stereocenters. The van der Waals surface area contributed by atoms with E-state index in [4.69, 9.17) is 0 Å². The minimum absolute atomic E-state index is 0.0674. The zero-order chi connectivity index (χ0) is 18.2. The van der Waals surface area contributed by atoms with E-state index >= 15 is 0 Å². The highest BCUT2D eigenvalue weighted by Crippen LogP contribution is 2.23. The topological polar surface area (TPSA) is 49.4 Å². The fourth-order valence-corrected chi connectivity index (χ4v) is 2.89. The van der Waals surface area contributed by atoms with E-state index in [0.29, 0.717) is 6.54 Å². The number of rotatable bonds is 7. The van der Waals surface area contributed by atoms with Gasteiger partial charge < -0.3 is 10.2 Å². The van der Waals surface area contributed by atoms with Crippen LogP contribution in [0, 0.1) is 0 Å². The minimum atomic E-state index is -0.0715. The van der Waals surface area contributed by atoms with Gasteiger partial charge in [-0.2, -0.15) is 0 Å². The van der Waals surface area contributed by atoms with Gasteiger partial charge >= 0.3 is 0 Å². The van der Waals surface area contributed by atoms with Gasteiger partial charge in [-0.3, -0.25) is 9.59 Å². The molecule has 0 heterocycles. The van der Waals surface area contributed by atoms with E-state index < -0.39 is 0 Å². The van der Waals surface area contributed by atoms with Crippen LogP contribution in [0.15, 0.2) is 48.5 Å². The first-order valence-electron chi connectivity index (χ1n) is 8.80. The molecule has 0 fully saturated rings. The molecule has 0 aromatic heterocycles. The molecular formula is C21H26N2O2. The fraction of sp³-hybridized carbons (Fsp3) is 0.333. The van der Waals surface area contributed by atoms with Crippen molar-refractivity contribution in [2.75, 3.05) is 16.8 Å². The number of benzene rings is 2. The van der Waals surface area contributed by atoms with Crippen LogP contribution in [-0.4, -0.2) is 18.4 Å². The average Bonchev–Trinajstić information content (AvgIpc) is 2.62. The lowest BCUT2D eigenvalue weighted by atomic mass is 10.0. The van der Waals surface area contributed by atoms with Crippen molar-refractivity contribution in [2.45, 2.75) is 40.0 Å². The molecule has 132 valence electrons. The fourth-order valence-electron chi connectivity index (χ4n) is 2.89. The summed E-state index contributed by atoms with van der Waals surface area (Å²) in [4.78, 5) is 26.0. The molecular weight excluding hydrogens is 312 g/mol. The van der Waals surface area contributed by atoms with Crippen LogP contribution in [0.4, 0.5) is 11.4 Å². The molecule has 25 heavy (non-hydrogen) atoms. The van der Waals surface area contributed by atoms with E-state index in [0.717, 1.165) is 35.3 Å². The first-order valence-corrected chi connectivity index (χ1v) is 8.80. The first kappa shape index (κ1) is 18.7. The van der Waals surface area contributed by atoms with Gasteiger partial charge in [0.1, 0.15) is 0 Å². The lowest BCUT2D eigenvalue weighted by Gasteiger charge is -2.21. The van der Waals surface area contributed by atoms with Crippen LogP contribution < -0.4 is 10.2 Å². The van der Waals surface area contributed by atoms with Crippen molar-refractivity contribution in [3.8, 4) is 0 Å². The molecule has 0 bridgehead atoms. The molecule has 2 aromatic carbocycles. The Morgan fingerprint density at radius 3 is 2.04 bits per heavy atom. The largest absolute Gasteiger partial charge is 0.326 e. The van der Waals surface area contributed by atoms with Crippen LogP contribution in [0.5, 0.6) is 0 Å². The number of para-hydroxylation sites is 2. The maximum absolute atomic E-state index is 12.5. The van der Waals surface area contributed by atoms with Gasteiger partial charge in [-0.1, -0.05) is 50.2 Å². The Bertz CT molecular complexity index is 704. The summed E-state index contributed by atoms with van der Waals surface area (Å²) in [5.41, 5.74) is 4.01. The van der Waals surface area contributed by atoms with Gasteiger partial charge in [-0.15, -0.1) is 0 Å². The monoisotopic (exact) mass is 338 g/mol. The zero-order valence-electron chi connectivity index (χ0n) is 15.2. The number of anilines is 2. The van der Waals surface area contributed by atoms with Crippen molar-refractivity contribution in [1.82, 2.24) is 0 Å². The normalized spacial score (nSPS) is 10.4. The Hall–Kier alpha value is -2.62. The summed E-state index contributed by atoms with van der Waals surface area (Å²) in [6.45, 7) is 6.04. The van der Waals surface area contributed by atoms with Crippen LogP contribution in [0.3, 0.4) is 0 Å². The molecule has 0 aliphatic heterocycles. The summed E-state index contributed by atoms with van der Waals surface area (Å²) in [6, 6.07) is 15.5. The third-order valence-corrected chi connectivity index (χ3v) is 4.27. The maximum atomic E-state index is 12.5. The van der Waals surface area contributed by atoms with Gasteiger partial charge in [0.2, 0.25) is 11.8 Å². The minimum Gasteiger partial charge on any atom is -0.326 e. The van der Waals surface area contributed by atoms with Gasteiger partial charge in [0, 0.05) is 31.3 Å². The van der Waals surface area contributed by atoms with E-state index in [1.165, 1.54) is 6.92 Å². The summed E-state index contributed by atoms with van der Waals surface area (Å²) in [7, 11) is 0. The molecule has 0 radical (unpaired) electrons. The summed E-state index contributed by atoms with van der Waals surface area (Å²) in [6.07, 6.45) is 2.00. The Kier molecular flexibility index (Phi) is 6.75. The smallest absolute Gasteiger partial charge is 0.226 e.